The highest BCUT2D eigenvalue weighted by Crippen LogP contribution is 2.35. The van der Waals surface area contributed by atoms with Gasteiger partial charge in [0.05, 0.1) is 5.56 Å². The molecule has 0 bridgehead atoms. The Labute approximate surface area is 230 Å². The third-order valence-electron chi connectivity index (χ3n) is 6.67. The number of carbonyl (C=O) groups is 2. The van der Waals surface area contributed by atoms with Gasteiger partial charge in [-0.1, -0.05) is 18.7 Å². The average Bonchev–Trinajstić information content (AvgIpc) is 2.91. The normalized spacial score (nSPS) is 14.4. The number of carbonyl (C=O) groups excluding carboxylic acids is 2. The van der Waals surface area contributed by atoms with Crippen molar-refractivity contribution in [3.8, 4) is 11.1 Å². The number of nitrogens with one attached hydrogen (secondary N) is 3. The van der Waals surface area contributed by atoms with Crippen molar-refractivity contribution >= 4 is 29.1 Å². The number of anilines is 3. The molecule has 3 aromatic rings. The standard InChI is InChI=1S/C29H31F3N6O2/c1-4-27(39)36-26-10-7-21(17-33-26)20-6-9-25(19(2)15-20)35-28(40)34-23-8-5-22(24(16-23)29(30,31)32)18-38-13-11-37(3)12-14-38/h4-10,15-17H,1,11-14,18H2,2-3H3,(H,33,36,39)(H2,34,35,40). The predicted molar refractivity (Wildman–Crippen MR) is 150 cm³/mol. The number of amides is 3. The lowest BCUT2D eigenvalue weighted by Crippen LogP contribution is -2.44. The fraction of sp³-hybridized carbons (Fsp3) is 0.276. The van der Waals surface area contributed by atoms with Gasteiger partial charge in [0.1, 0.15) is 5.82 Å². The van der Waals surface area contributed by atoms with Crippen molar-refractivity contribution in [3.63, 3.8) is 0 Å². The summed E-state index contributed by atoms with van der Waals surface area (Å²) in [6, 6.07) is 12.1. The van der Waals surface area contributed by atoms with Gasteiger partial charge < -0.3 is 20.9 Å². The molecule has 1 fully saturated rings. The molecule has 0 atom stereocenters. The number of likely N-dealkylation sites (N-methyl/N-ethyl adjacent to an activating group) is 1. The molecule has 0 radical (unpaired) electrons. The third kappa shape index (κ3) is 7.45. The quantitative estimate of drug-likeness (QED) is 0.333. The summed E-state index contributed by atoms with van der Waals surface area (Å²) in [4.78, 5) is 32.4. The minimum absolute atomic E-state index is 0.0518. The number of pyridine rings is 1. The number of benzene rings is 2. The second-order valence-corrected chi connectivity index (χ2v) is 9.68. The second kappa shape index (κ2) is 12.3. The summed E-state index contributed by atoms with van der Waals surface area (Å²) in [5.74, 6) is 0.0300. The summed E-state index contributed by atoms with van der Waals surface area (Å²) in [6.07, 6.45) is -1.79. The zero-order valence-electron chi connectivity index (χ0n) is 22.3. The Morgan fingerprint density at radius 3 is 2.33 bits per heavy atom. The zero-order chi connectivity index (χ0) is 28.9. The van der Waals surface area contributed by atoms with Gasteiger partial charge in [0, 0.05) is 55.9 Å². The molecule has 0 spiro atoms. The number of hydrogen-bond acceptors (Lipinski definition) is 5. The van der Waals surface area contributed by atoms with Crippen molar-refractivity contribution in [2.45, 2.75) is 19.6 Å². The van der Waals surface area contributed by atoms with Crippen LogP contribution in [0.3, 0.4) is 0 Å². The Morgan fingerprint density at radius 2 is 1.70 bits per heavy atom. The predicted octanol–water partition coefficient (Wildman–Crippen LogP) is 5.59. The minimum atomic E-state index is -4.55. The molecule has 1 aliphatic heterocycles. The van der Waals surface area contributed by atoms with Gasteiger partial charge in [0.25, 0.3) is 0 Å². The molecule has 3 N–H and O–H groups in total. The number of alkyl halides is 3. The number of nitrogens with zero attached hydrogens (tertiary/aromatic N) is 3. The van der Waals surface area contributed by atoms with Crippen LogP contribution in [0.1, 0.15) is 16.7 Å². The van der Waals surface area contributed by atoms with Crippen molar-refractivity contribution in [2.75, 3.05) is 49.2 Å². The van der Waals surface area contributed by atoms with Gasteiger partial charge in [0.2, 0.25) is 5.91 Å². The van der Waals surface area contributed by atoms with E-state index in [2.05, 4.69) is 32.4 Å². The number of aromatic nitrogens is 1. The first-order valence-corrected chi connectivity index (χ1v) is 12.7. The molecule has 11 heteroatoms. The van der Waals surface area contributed by atoms with Gasteiger partial charge in [-0.15, -0.1) is 0 Å². The van der Waals surface area contributed by atoms with Crippen LogP contribution in [0.15, 0.2) is 67.4 Å². The van der Waals surface area contributed by atoms with Gasteiger partial charge in [-0.05, 0) is 73.1 Å². The summed E-state index contributed by atoms with van der Waals surface area (Å²) in [6.45, 7) is 8.41. The molecular weight excluding hydrogens is 521 g/mol. The SMILES string of the molecule is C=CC(=O)Nc1ccc(-c2ccc(NC(=O)Nc3ccc(CN4CCN(C)CC4)c(C(F)(F)F)c3)c(C)c2)cn1. The lowest BCUT2D eigenvalue weighted by atomic mass is 10.0. The maximum Gasteiger partial charge on any atom is 0.416 e. The Hall–Kier alpha value is -4.22. The number of urea groups is 1. The van der Waals surface area contributed by atoms with E-state index in [1.54, 1.807) is 37.4 Å². The largest absolute Gasteiger partial charge is 0.416 e. The van der Waals surface area contributed by atoms with E-state index in [9.17, 15) is 22.8 Å². The molecule has 0 aliphatic carbocycles. The average molecular weight is 553 g/mol. The van der Waals surface area contributed by atoms with Crippen molar-refractivity contribution in [1.29, 1.82) is 0 Å². The number of piperazine rings is 1. The van der Waals surface area contributed by atoms with Crippen LogP contribution < -0.4 is 16.0 Å². The minimum Gasteiger partial charge on any atom is -0.308 e. The Kier molecular flexibility index (Phi) is 8.86. The highest BCUT2D eigenvalue weighted by Gasteiger charge is 2.34. The third-order valence-corrected chi connectivity index (χ3v) is 6.67. The molecule has 4 rings (SSSR count). The first-order valence-electron chi connectivity index (χ1n) is 12.7. The molecule has 1 aliphatic rings. The van der Waals surface area contributed by atoms with Gasteiger partial charge in [0.15, 0.2) is 0 Å². The van der Waals surface area contributed by atoms with E-state index < -0.39 is 17.8 Å². The second-order valence-electron chi connectivity index (χ2n) is 9.68. The molecule has 3 amide bonds. The zero-order valence-corrected chi connectivity index (χ0v) is 22.3. The maximum atomic E-state index is 13.9. The van der Waals surface area contributed by atoms with Crippen LogP contribution in [0, 0.1) is 6.92 Å². The number of halogens is 3. The number of aryl methyl sites for hydroxylation is 1. The van der Waals surface area contributed by atoms with E-state index in [0.717, 1.165) is 41.9 Å². The van der Waals surface area contributed by atoms with Gasteiger partial charge >= 0.3 is 12.2 Å². The highest BCUT2D eigenvalue weighted by molar-refractivity contribution is 6.00. The van der Waals surface area contributed by atoms with Crippen molar-refractivity contribution in [3.05, 3.63) is 84.1 Å². The van der Waals surface area contributed by atoms with Crippen LogP contribution in [0.4, 0.5) is 35.2 Å². The molecule has 0 unspecified atom stereocenters. The van der Waals surface area contributed by atoms with Crippen molar-refractivity contribution in [1.82, 2.24) is 14.8 Å². The van der Waals surface area contributed by atoms with Gasteiger partial charge in [-0.2, -0.15) is 13.2 Å². The van der Waals surface area contributed by atoms with E-state index in [-0.39, 0.29) is 23.7 Å². The van der Waals surface area contributed by atoms with E-state index in [0.29, 0.717) is 24.6 Å². The topological polar surface area (TPSA) is 89.6 Å². The maximum absolute atomic E-state index is 13.9. The van der Waals surface area contributed by atoms with Crippen molar-refractivity contribution < 1.29 is 22.8 Å². The van der Waals surface area contributed by atoms with Crippen LogP contribution in [0.25, 0.3) is 11.1 Å². The molecular formula is C29H31F3N6O2. The van der Waals surface area contributed by atoms with Crippen molar-refractivity contribution in [2.24, 2.45) is 0 Å². The Morgan fingerprint density at radius 1 is 0.975 bits per heavy atom. The lowest BCUT2D eigenvalue weighted by Gasteiger charge is -2.33. The van der Waals surface area contributed by atoms with Crippen LogP contribution in [-0.2, 0) is 17.5 Å². The summed E-state index contributed by atoms with van der Waals surface area (Å²) in [5.41, 5.74) is 2.36. The summed E-state index contributed by atoms with van der Waals surface area (Å²) in [5, 5.41) is 7.80. The molecule has 2 heterocycles. The molecule has 2 aromatic carbocycles. The fourth-order valence-electron chi connectivity index (χ4n) is 4.39. The Balaban J connectivity index is 1.42. The van der Waals surface area contributed by atoms with E-state index >= 15 is 0 Å². The highest BCUT2D eigenvalue weighted by atomic mass is 19.4. The lowest BCUT2D eigenvalue weighted by molar-refractivity contribution is -0.138. The molecule has 40 heavy (non-hydrogen) atoms. The first-order chi connectivity index (χ1) is 19.0. The molecule has 8 nitrogen and oxygen atoms in total. The van der Waals surface area contributed by atoms with E-state index in [1.807, 2.05) is 18.0 Å². The van der Waals surface area contributed by atoms with E-state index in [1.165, 1.54) is 12.1 Å². The number of rotatable bonds is 7. The molecule has 210 valence electrons. The fourth-order valence-corrected chi connectivity index (χ4v) is 4.39. The first kappa shape index (κ1) is 28.8. The van der Waals surface area contributed by atoms with Crippen LogP contribution in [0.2, 0.25) is 0 Å². The van der Waals surface area contributed by atoms with Gasteiger partial charge in [-0.25, -0.2) is 9.78 Å². The van der Waals surface area contributed by atoms with Crippen LogP contribution >= 0.6 is 0 Å². The monoisotopic (exact) mass is 552 g/mol. The van der Waals surface area contributed by atoms with E-state index in [4.69, 9.17) is 0 Å². The Bertz CT molecular complexity index is 1380. The molecule has 1 saturated heterocycles. The van der Waals surface area contributed by atoms with Gasteiger partial charge in [-0.3, -0.25) is 9.69 Å². The summed E-state index contributed by atoms with van der Waals surface area (Å²) >= 11 is 0. The molecule has 0 saturated carbocycles. The summed E-state index contributed by atoms with van der Waals surface area (Å²) < 4.78 is 41.6. The van der Waals surface area contributed by atoms with Crippen LogP contribution in [0.5, 0.6) is 0 Å². The number of hydrogen-bond donors (Lipinski definition) is 3. The molecule has 1 aromatic heterocycles. The van der Waals surface area contributed by atoms with Crippen LogP contribution in [-0.4, -0.2) is 59.9 Å². The smallest absolute Gasteiger partial charge is 0.308 e. The summed E-state index contributed by atoms with van der Waals surface area (Å²) in [7, 11) is 1.99.